The van der Waals surface area contributed by atoms with E-state index in [4.69, 9.17) is 0 Å². The third-order valence-electron chi connectivity index (χ3n) is 2.95. The molecule has 1 heterocycles. The van der Waals surface area contributed by atoms with Crippen molar-refractivity contribution in [3.63, 3.8) is 0 Å². The van der Waals surface area contributed by atoms with E-state index in [-0.39, 0.29) is 5.41 Å². The van der Waals surface area contributed by atoms with E-state index in [1.54, 1.807) is 0 Å². The molecule has 0 bridgehead atoms. The molecule has 0 aliphatic rings. The molecule has 0 saturated heterocycles. The lowest BCUT2D eigenvalue weighted by molar-refractivity contribution is 0.570. The van der Waals surface area contributed by atoms with E-state index in [0.29, 0.717) is 0 Å². The van der Waals surface area contributed by atoms with E-state index in [1.807, 2.05) is 12.3 Å². The van der Waals surface area contributed by atoms with Crippen LogP contribution in [-0.4, -0.2) is 4.98 Å². The molecule has 0 saturated carbocycles. The predicted octanol–water partition coefficient (Wildman–Crippen LogP) is 4.61. The standard InChI is InChI=1S/C18H21N/c1-18(2,3)13-6-4-5-9-15-10-7-12-17-16(15)11-8-14-19-17/h7-8,10-12,14H,4-5,9H2,1-3H3. The van der Waals surface area contributed by atoms with Crippen LogP contribution in [0.15, 0.2) is 36.5 Å². The zero-order valence-corrected chi connectivity index (χ0v) is 12.0. The van der Waals surface area contributed by atoms with Gasteiger partial charge in [-0.3, -0.25) is 4.98 Å². The molecule has 0 atom stereocenters. The largest absolute Gasteiger partial charge is 0.256 e. The van der Waals surface area contributed by atoms with E-state index in [1.165, 1.54) is 10.9 Å². The number of hydrogen-bond acceptors (Lipinski definition) is 1. The van der Waals surface area contributed by atoms with Crippen LogP contribution in [0.4, 0.5) is 0 Å². The summed E-state index contributed by atoms with van der Waals surface area (Å²) in [4.78, 5) is 4.39. The van der Waals surface area contributed by atoms with Gasteiger partial charge in [-0.15, -0.1) is 5.92 Å². The topological polar surface area (TPSA) is 12.9 Å². The highest BCUT2D eigenvalue weighted by Crippen LogP contribution is 2.18. The Labute approximate surface area is 116 Å². The molecule has 0 spiro atoms. The Bertz CT molecular complexity index is 603. The van der Waals surface area contributed by atoms with Gasteiger partial charge in [0, 0.05) is 23.4 Å². The van der Waals surface area contributed by atoms with Gasteiger partial charge >= 0.3 is 0 Å². The third kappa shape index (κ3) is 4.10. The predicted molar refractivity (Wildman–Crippen MR) is 81.9 cm³/mol. The number of hydrogen-bond donors (Lipinski definition) is 0. The minimum atomic E-state index is 0.114. The third-order valence-corrected chi connectivity index (χ3v) is 2.95. The van der Waals surface area contributed by atoms with Gasteiger partial charge in [-0.2, -0.15) is 0 Å². The molecule has 1 aromatic carbocycles. The van der Waals surface area contributed by atoms with E-state index in [0.717, 1.165) is 24.8 Å². The maximum absolute atomic E-state index is 4.39. The van der Waals surface area contributed by atoms with E-state index in [2.05, 4.69) is 61.9 Å². The second kappa shape index (κ2) is 5.89. The van der Waals surface area contributed by atoms with E-state index < -0.39 is 0 Å². The summed E-state index contributed by atoms with van der Waals surface area (Å²) < 4.78 is 0. The van der Waals surface area contributed by atoms with Crippen molar-refractivity contribution in [3.8, 4) is 11.8 Å². The van der Waals surface area contributed by atoms with Crippen molar-refractivity contribution < 1.29 is 0 Å². The Morgan fingerprint density at radius 1 is 1.11 bits per heavy atom. The molecular weight excluding hydrogens is 230 g/mol. The monoisotopic (exact) mass is 251 g/mol. The highest BCUT2D eigenvalue weighted by molar-refractivity contribution is 5.81. The molecule has 0 unspecified atom stereocenters. The molecule has 0 amide bonds. The Morgan fingerprint density at radius 3 is 2.74 bits per heavy atom. The first-order valence-corrected chi connectivity index (χ1v) is 6.89. The van der Waals surface area contributed by atoms with Gasteiger partial charge in [-0.05, 0) is 51.3 Å². The number of rotatable bonds is 3. The van der Waals surface area contributed by atoms with Crippen molar-refractivity contribution in [2.75, 3.05) is 0 Å². The van der Waals surface area contributed by atoms with Crippen LogP contribution in [0.2, 0.25) is 0 Å². The highest BCUT2D eigenvalue weighted by atomic mass is 14.6. The summed E-state index contributed by atoms with van der Waals surface area (Å²) in [5, 5.41) is 1.27. The number of fused-ring (bicyclic) bond motifs is 1. The number of pyridine rings is 1. The molecule has 19 heavy (non-hydrogen) atoms. The molecule has 0 aliphatic carbocycles. The SMILES string of the molecule is CC(C)(C)C#CCCCc1cccc2ncccc12. The summed E-state index contributed by atoms with van der Waals surface area (Å²) in [5.74, 6) is 6.56. The molecule has 0 N–H and O–H groups in total. The molecule has 2 rings (SSSR count). The fourth-order valence-electron chi connectivity index (χ4n) is 2.08. The smallest absolute Gasteiger partial charge is 0.0704 e. The van der Waals surface area contributed by atoms with Gasteiger partial charge in [0.25, 0.3) is 0 Å². The van der Waals surface area contributed by atoms with Crippen molar-refractivity contribution in [2.45, 2.75) is 40.0 Å². The first kappa shape index (κ1) is 13.6. The zero-order valence-electron chi connectivity index (χ0n) is 12.0. The van der Waals surface area contributed by atoms with Crippen LogP contribution in [-0.2, 0) is 6.42 Å². The van der Waals surface area contributed by atoms with Crippen molar-refractivity contribution >= 4 is 10.9 Å². The van der Waals surface area contributed by atoms with Crippen LogP contribution >= 0.6 is 0 Å². The first-order chi connectivity index (χ1) is 9.06. The van der Waals surface area contributed by atoms with E-state index >= 15 is 0 Å². The average molecular weight is 251 g/mol. The molecule has 0 radical (unpaired) electrons. The second-order valence-electron chi connectivity index (χ2n) is 5.89. The summed E-state index contributed by atoms with van der Waals surface area (Å²) in [6, 6.07) is 10.5. The minimum Gasteiger partial charge on any atom is -0.256 e. The van der Waals surface area contributed by atoms with Gasteiger partial charge in [0.1, 0.15) is 0 Å². The van der Waals surface area contributed by atoms with Crippen LogP contribution in [0.1, 0.15) is 39.2 Å². The fraction of sp³-hybridized carbons (Fsp3) is 0.389. The minimum absolute atomic E-state index is 0.114. The fourth-order valence-corrected chi connectivity index (χ4v) is 2.08. The number of unbranched alkanes of at least 4 members (excludes halogenated alkanes) is 1. The summed E-state index contributed by atoms with van der Waals surface area (Å²) in [6.07, 6.45) is 4.99. The van der Waals surface area contributed by atoms with Crippen molar-refractivity contribution in [1.82, 2.24) is 4.98 Å². The quantitative estimate of drug-likeness (QED) is 0.573. The first-order valence-electron chi connectivity index (χ1n) is 6.89. The molecule has 2 aromatic rings. The lowest BCUT2D eigenvalue weighted by Gasteiger charge is -2.07. The summed E-state index contributed by atoms with van der Waals surface area (Å²) in [7, 11) is 0. The maximum Gasteiger partial charge on any atom is 0.0704 e. The number of aryl methyl sites for hydroxylation is 1. The molecule has 0 fully saturated rings. The number of benzene rings is 1. The number of nitrogens with zero attached hydrogens (tertiary/aromatic N) is 1. The normalized spacial score (nSPS) is 11.1. The van der Waals surface area contributed by atoms with Gasteiger partial charge in [-0.1, -0.05) is 24.1 Å². The molecular formula is C18H21N. The zero-order chi connectivity index (χ0) is 13.7. The van der Waals surface area contributed by atoms with Crippen LogP contribution in [0.25, 0.3) is 10.9 Å². The van der Waals surface area contributed by atoms with Gasteiger partial charge in [0.05, 0.1) is 5.52 Å². The highest BCUT2D eigenvalue weighted by Gasteiger charge is 2.03. The average Bonchev–Trinajstić information content (AvgIpc) is 2.37. The maximum atomic E-state index is 4.39. The van der Waals surface area contributed by atoms with Crippen LogP contribution in [0.3, 0.4) is 0 Å². The van der Waals surface area contributed by atoms with Crippen LogP contribution in [0.5, 0.6) is 0 Å². The summed E-state index contributed by atoms with van der Waals surface area (Å²) in [5.41, 5.74) is 2.58. The van der Waals surface area contributed by atoms with Gasteiger partial charge in [0.15, 0.2) is 0 Å². The van der Waals surface area contributed by atoms with Crippen molar-refractivity contribution in [1.29, 1.82) is 0 Å². The molecule has 1 nitrogen and oxygen atoms in total. The second-order valence-corrected chi connectivity index (χ2v) is 5.89. The van der Waals surface area contributed by atoms with Crippen molar-refractivity contribution in [2.24, 2.45) is 5.41 Å². The van der Waals surface area contributed by atoms with Gasteiger partial charge in [0.2, 0.25) is 0 Å². The van der Waals surface area contributed by atoms with Crippen LogP contribution in [0, 0.1) is 17.3 Å². The Hall–Kier alpha value is -1.81. The Morgan fingerprint density at radius 2 is 1.95 bits per heavy atom. The van der Waals surface area contributed by atoms with Crippen LogP contribution < -0.4 is 0 Å². The lowest BCUT2D eigenvalue weighted by Crippen LogP contribution is -1.99. The molecule has 98 valence electrons. The Kier molecular flexibility index (Phi) is 4.22. The summed E-state index contributed by atoms with van der Waals surface area (Å²) >= 11 is 0. The molecule has 1 aromatic heterocycles. The molecule has 0 aliphatic heterocycles. The summed E-state index contributed by atoms with van der Waals surface area (Å²) in [6.45, 7) is 6.45. The Balaban J connectivity index is 2.00. The molecule has 1 heteroatoms. The van der Waals surface area contributed by atoms with Gasteiger partial charge in [-0.25, -0.2) is 0 Å². The van der Waals surface area contributed by atoms with Gasteiger partial charge < -0.3 is 0 Å². The lowest BCUT2D eigenvalue weighted by atomic mass is 9.97. The van der Waals surface area contributed by atoms with E-state index in [9.17, 15) is 0 Å². The van der Waals surface area contributed by atoms with Crippen molar-refractivity contribution in [3.05, 3.63) is 42.1 Å². The number of aromatic nitrogens is 1.